The first-order chi connectivity index (χ1) is 8.36. The molecule has 7 heteroatoms. The molecule has 0 saturated heterocycles. The van der Waals surface area contributed by atoms with Crippen molar-refractivity contribution in [1.82, 2.24) is 0 Å². The van der Waals surface area contributed by atoms with Crippen LogP contribution in [0.2, 0.25) is 0 Å². The van der Waals surface area contributed by atoms with E-state index in [0.717, 1.165) is 13.2 Å². The van der Waals surface area contributed by atoms with E-state index in [9.17, 15) is 23.8 Å². The summed E-state index contributed by atoms with van der Waals surface area (Å²) in [7, 11) is 1.11. The molecule has 0 aliphatic rings. The van der Waals surface area contributed by atoms with Crippen LogP contribution in [-0.2, 0) is 9.53 Å². The van der Waals surface area contributed by atoms with Crippen LogP contribution in [0.4, 0.5) is 14.5 Å². The first-order valence-corrected chi connectivity index (χ1v) is 5.04. The molecule has 2 unspecified atom stereocenters. The summed E-state index contributed by atoms with van der Waals surface area (Å²) < 4.78 is 30.4. The maximum atomic E-state index is 13.1. The van der Waals surface area contributed by atoms with Crippen molar-refractivity contribution in [3.63, 3.8) is 0 Å². The molecule has 18 heavy (non-hydrogen) atoms. The second-order valence-electron chi connectivity index (χ2n) is 3.68. The number of rotatable bonds is 4. The van der Waals surface area contributed by atoms with E-state index in [1.165, 1.54) is 0 Å². The fourth-order valence-corrected chi connectivity index (χ4v) is 1.42. The smallest absolute Gasteiger partial charge is 0.308 e. The Morgan fingerprint density at radius 3 is 2.61 bits per heavy atom. The van der Waals surface area contributed by atoms with Gasteiger partial charge in [-0.05, 0) is 6.07 Å². The zero-order chi connectivity index (χ0) is 13.9. The third-order valence-electron chi connectivity index (χ3n) is 2.41. The third-order valence-corrected chi connectivity index (χ3v) is 2.41. The molecular formula is C11H13F2NO4. The summed E-state index contributed by atoms with van der Waals surface area (Å²) in [6.45, 7) is 0. The van der Waals surface area contributed by atoms with Crippen LogP contribution in [0.3, 0.4) is 0 Å². The minimum atomic E-state index is -1.69. The number of benzene rings is 1. The van der Waals surface area contributed by atoms with Gasteiger partial charge in [-0.2, -0.15) is 0 Å². The van der Waals surface area contributed by atoms with Crippen LogP contribution in [0.5, 0.6) is 0 Å². The highest BCUT2D eigenvalue weighted by Gasteiger charge is 2.25. The Kier molecular flexibility index (Phi) is 4.57. The maximum Gasteiger partial charge on any atom is 0.308 e. The first kappa shape index (κ1) is 14.3. The SMILES string of the molecule is COC(=O)CC(O)C(O)c1cc(F)cc(F)c1N. The van der Waals surface area contributed by atoms with Gasteiger partial charge in [0.25, 0.3) is 0 Å². The summed E-state index contributed by atoms with van der Waals surface area (Å²) in [6.07, 6.45) is -3.77. The molecule has 0 aliphatic carbocycles. The van der Waals surface area contributed by atoms with Gasteiger partial charge in [0.2, 0.25) is 0 Å². The molecule has 1 aromatic carbocycles. The van der Waals surface area contributed by atoms with E-state index in [-0.39, 0.29) is 5.56 Å². The standard InChI is InChI=1S/C11H13F2NO4/c1-18-9(16)4-8(15)11(17)6-2-5(12)3-7(13)10(6)14/h2-3,8,11,15,17H,4,14H2,1H3. The van der Waals surface area contributed by atoms with Crippen molar-refractivity contribution in [2.45, 2.75) is 18.6 Å². The van der Waals surface area contributed by atoms with Crippen molar-refractivity contribution in [2.24, 2.45) is 0 Å². The zero-order valence-electron chi connectivity index (χ0n) is 9.56. The molecule has 0 amide bonds. The second-order valence-corrected chi connectivity index (χ2v) is 3.68. The summed E-state index contributed by atoms with van der Waals surface area (Å²) in [5.41, 5.74) is 4.53. The third kappa shape index (κ3) is 3.14. The lowest BCUT2D eigenvalue weighted by molar-refractivity contribution is -0.144. The Bertz CT molecular complexity index is 453. The van der Waals surface area contributed by atoms with Crippen molar-refractivity contribution in [3.05, 3.63) is 29.3 Å². The number of hydrogen-bond acceptors (Lipinski definition) is 5. The zero-order valence-corrected chi connectivity index (χ0v) is 9.56. The predicted octanol–water partition coefficient (Wildman–Crippen LogP) is 0.504. The number of anilines is 1. The molecular weight excluding hydrogens is 248 g/mol. The number of methoxy groups -OCH3 is 1. The van der Waals surface area contributed by atoms with E-state index >= 15 is 0 Å². The van der Waals surface area contributed by atoms with E-state index in [1.54, 1.807) is 0 Å². The minimum Gasteiger partial charge on any atom is -0.469 e. The lowest BCUT2D eigenvalue weighted by Crippen LogP contribution is -2.23. The minimum absolute atomic E-state index is 0.316. The van der Waals surface area contributed by atoms with Crippen molar-refractivity contribution in [2.75, 3.05) is 12.8 Å². The van der Waals surface area contributed by atoms with Gasteiger partial charge in [-0.3, -0.25) is 4.79 Å². The predicted molar refractivity (Wildman–Crippen MR) is 58.4 cm³/mol. The number of nitrogen functional groups attached to an aromatic ring is 1. The highest BCUT2D eigenvalue weighted by atomic mass is 19.1. The van der Waals surface area contributed by atoms with Crippen molar-refractivity contribution in [3.8, 4) is 0 Å². The van der Waals surface area contributed by atoms with Crippen molar-refractivity contribution >= 4 is 11.7 Å². The van der Waals surface area contributed by atoms with Crippen LogP contribution in [-0.4, -0.2) is 29.4 Å². The summed E-state index contributed by atoms with van der Waals surface area (Å²) >= 11 is 0. The summed E-state index contributed by atoms with van der Waals surface area (Å²) in [5.74, 6) is -2.76. The van der Waals surface area contributed by atoms with Crippen molar-refractivity contribution < 1.29 is 28.5 Å². The lowest BCUT2D eigenvalue weighted by Gasteiger charge is -2.19. The number of nitrogens with two attached hydrogens (primary N) is 1. The lowest BCUT2D eigenvalue weighted by atomic mass is 10.00. The van der Waals surface area contributed by atoms with Crippen LogP contribution in [0.15, 0.2) is 12.1 Å². The number of aliphatic hydroxyl groups is 2. The molecule has 1 aromatic rings. The molecule has 0 spiro atoms. The Balaban J connectivity index is 2.96. The van der Waals surface area contributed by atoms with Gasteiger partial charge in [0.15, 0.2) is 0 Å². The van der Waals surface area contributed by atoms with E-state index in [4.69, 9.17) is 5.73 Å². The topological polar surface area (TPSA) is 92.8 Å². The van der Waals surface area contributed by atoms with Gasteiger partial charge >= 0.3 is 5.97 Å². The van der Waals surface area contributed by atoms with E-state index in [2.05, 4.69) is 4.74 Å². The van der Waals surface area contributed by atoms with Gasteiger partial charge in [0.1, 0.15) is 17.7 Å². The Morgan fingerprint density at radius 1 is 1.44 bits per heavy atom. The van der Waals surface area contributed by atoms with Crippen LogP contribution < -0.4 is 5.73 Å². The van der Waals surface area contributed by atoms with Gasteiger partial charge in [-0.15, -0.1) is 0 Å². The Hall–Kier alpha value is -1.73. The van der Waals surface area contributed by atoms with Gasteiger partial charge in [-0.1, -0.05) is 0 Å². The quantitative estimate of drug-likeness (QED) is 0.542. The molecule has 100 valence electrons. The molecule has 2 atom stereocenters. The van der Waals surface area contributed by atoms with Gasteiger partial charge < -0.3 is 20.7 Å². The Morgan fingerprint density at radius 2 is 2.06 bits per heavy atom. The number of hydrogen-bond donors (Lipinski definition) is 3. The molecule has 0 aliphatic heterocycles. The fraction of sp³-hybridized carbons (Fsp3) is 0.364. The van der Waals surface area contributed by atoms with Gasteiger partial charge in [0, 0.05) is 11.6 Å². The highest BCUT2D eigenvalue weighted by molar-refractivity contribution is 5.70. The van der Waals surface area contributed by atoms with E-state index in [1.807, 2.05) is 0 Å². The Labute approximate surface area is 102 Å². The molecule has 0 radical (unpaired) electrons. The average molecular weight is 261 g/mol. The second kappa shape index (κ2) is 5.74. The highest BCUT2D eigenvalue weighted by Crippen LogP contribution is 2.27. The number of esters is 1. The van der Waals surface area contributed by atoms with Crippen molar-refractivity contribution in [1.29, 1.82) is 0 Å². The molecule has 4 N–H and O–H groups in total. The monoisotopic (exact) mass is 261 g/mol. The van der Waals surface area contributed by atoms with Crippen LogP contribution in [0.25, 0.3) is 0 Å². The number of carbonyl (C=O) groups is 1. The molecule has 0 bridgehead atoms. The molecule has 0 aromatic heterocycles. The van der Waals surface area contributed by atoms with Crippen LogP contribution in [0.1, 0.15) is 18.1 Å². The molecule has 0 saturated carbocycles. The number of aliphatic hydroxyl groups excluding tert-OH is 2. The summed E-state index contributed by atoms with van der Waals surface area (Å²) in [5, 5.41) is 19.2. The number of halogens is 2. The normalized spacial score (nSPS) is 14.1. The maximum absolute atomic E-state index is 13.1. The van der Waals surface area contributed by atoms with E-state index < -0.39 is 41.9 Å². The van der Waals surface area contributed by atoms with Gasteiger partial charge in [-0.25, -0.2) is 8.78 Å². The van der Waals surface area contributed by atoms with Crippen LogP contribution >= 0.6 is 0 Å². The largest absolute Gasteiger partial charge is 0.469 e. The summed E-state index contributed by atoms with van der Waals surface area (Å²) in [4.78, 5) is 10.9. The molecule has 0 fully saturated rings. The van der Waals surface area contributed by atoms with Crippen LogP contribution in [0, 0.1) is 11.6 Å². The molecule has 5 nitrogen and oxygen atoms in total. The molecule has 1 rings (SSSR count). The van der Waals surface area contributed by atoms with E-state index in [0.29, 0.717) is 6.07 Å². The molecule has 0 heterocycles. The number of ether oxygens (including phenoxy) is 1. The summed E-state index contributed by atoms with van der Waals surface area (Å²) in [6, 6.07) is 1.35. The van der Waals surface area contributed by atoms with Gasteiger partial charge in [0.05, 0.1) is 25.3 Å². The fourth-order valence-electron chi connectivity index (χ4n) is 1.42. The number of carbonyl (C=O) groups excluding carboxylic acids is 1. The average Bonchev–Trinajstić information content (AvgIpc) is 2.32. The first-order valence-electron chi connectivity index (χ1n) is 5.04.